The van der Waals surface area contributed by atoms with E-state index in [1.54, 1.807) is 24.0 Å². The molecule has 0 saturated carbocycles. The van der Waals surface area contributed by atoms with Crippen LogP contribution in [0.5, 0.6) is 0 Å². The summed E-state index contributed by atoms with van der Waals surface area (Å²) in [6.45, 7) is 4.68. The molecule has 1 aromatic heterocycles. The van der Waals surface area contributed by atoms with Crippen LogP contribution in [-0.4, -0.2) is 40.0 Å². The molecule has 0 aliphatic heterocycles. The Morgan fingerprint density at radius 2 is 1.97 bits per heavy atom. The number of carbonyl (C=O) groups is 2. The van der Waals surface area contributed by atoms with Crippen molar-refractivity contribution in [3.8, 4) is 11.1 Å². The van der Waals surface area contributed by atoms with Gasteiger partial charge in [-0.3, -0.25) is 4.79 Å². The molecule has 186 valence electrons. The standard InChI is InChI=1S/C27H32N2O5S/c1-4-7-25-28-15-20(34-25)17-33-16-19-10-11-22(23(14-19)21-9-6-5-8-18(21)2)26(30)29-24(27(31)32)12-13-35-3/h5-6,8-11,14-15,24H,4,7,12-13,16-17H2,1-3H3,(H,29,30)(H,31,32). The van der Waals surface area contributed by atoms with Gasteiger partial charge in [0.05, 0.1) is 12.8 Å². The summed E-state index contributed by atoms with van der Waals surface area (Å²) in [7, 11) is 0. The van der Waals surface area contributed by atoms with Crippen LogP contribution >= 0.6 is 11.8 Å². The van der Waals surface area contributed by atoms with E-state index in [1.165, 1.54) is 0 Å². The number of aryl methyl sites for hydroxylation is 2. The summed E-state index contributed by atoms with van der Waals surface area (Å²) in [6, 6.07) is 12.4. The van der Waals surface area contributed by atoms with Crippen LogP contribution in [0.15, 0.2) is 53.1 Å². The molecule has 0 aliphatic rings. The number of carbonyl (C=O) groups excluding carboxylic acids is 1. The molecule has 1 atom stereocenters. The number of carboxylic acid groups (broad SMARTS) is 1. The number of oxazole rings is 1. The highest BCUT2D eigenvalue weighted by Crippen LogP contribution is 2.29. The van der Waals surface area contributed by atoms with Gasteiger partial charge in [-0.15, -0.1) is 0 Å². The molecule has 1 heterocycles. The number of nitrogens with zero attached hydrogens (tertiary/aromatic N) is 1. The van der Waals surface area contributed by atoms with Gasteiger partial charge in [0.15, 0.2) is 5.89 Å². The number of aliphatic carboxylic acids is 1. The smallest absolute Gasteiger partial charge is 0.326 e. The van der Waals surface area contributed by atoms with Crippen LogP contribution in [0.1, 0.15) is 52.9 Å². The van der Waals surface area contributed by atoms with Crippen LogP contribution in [0.4, 0.5) is 0 Å². The molecular formula is C27H32N2O5S. The summed E-state index contributed by atoms with van der Waals surface area (Å²) in [5.41, 5.74) is 3.99. The van der Waals surface area contributed by atoms with Gasteiger partial charge in [0, 0.05) is 12.0 Å². The lowest BCUT2D eigenvalue weighted by atomic mass is 9.93. The molecule has 0 radical (unpaired) electrons. The Labute approximate surface area is 210 Å². The first-order chi connectivity index (χ1) is 16.9. The van der Waals surface area contributed by atoms with E-state index in [9.17, 15) is 14.7 Å². The highest BCUT2D eigenvalue weighted by Gasteiger charge is 2.22. The first-order valence-electron chi connectivity index (χ1n) is 11.7. The van der Waals surface area contributed by atoms with Crippen molar-refractivity contribution in [2.24, 2.45) is 0 Å². The molecule has 0 saturated heterocycles. The third-order valence-electron chi connectivity index (χ3n) is 5.56. The molecule has 8 heteroatoms. The quantitative estimate of drug-likeness (QED) is 0.333. The van der Waals surface area contributed by atoms with E-state index in [0.717, 1.165) is 35.1 Å². The molecule has 0 fully saturated rings. The maximum Gasteiger partial charge on any atom is 0.326 e. The Bertz CT molecular complexity index is 1140. The molecule has 0 aliphatic carbocycles. The van der Waals surface area contributed by atoms with Gasteiger partial charge in [-0.25, -0.2) is 9.78 Å². The Hall–Kier alpha value is -3.10. The minimum Gasteiger partial charge on any atom is -0.480 e. The van der Waals surface area contributed by atoms with Crippen molar-refractivity contribution in [3.63, 3.8) is 0 Å². The van der Waals surface area contributed by atoms with Crippen molar-refractivity contribution in [2.45, 2.75) is 52.4 Å². The maximum absolute atomic E-state index is 13.2. The zero-order valence-electron chi connectivity index (χ0n) is 20.4. The van der Waals surface area contributed by atoms with Crippen molar-refractivity contribution in [1.82, 2.24) is 10.3 Å². The zero-order chi connectivity index (χ0) is 25.2. The Morgan fingerprint density at radius 3 is 2.69 bits per heavy atom. The van der Waals surface area contributed by atoms with Gasteiger partial charge in [-0.1, -0.05) is 37.3 Å². The predicted molar refractivity (Wildman–Crippen MR) is 137 cm³/mol. The molecule has 35 heavy (non-hydrogen) atoms. The van der Waals surface area contributed by atoms with E-state index in [1.807, 2.05) is 49.6 Å². The van der Waals surface area contributed by atoms with Crippen molar-refractivity contribution >= 4 is 23.6 Å². The second-order valence-electron chi connectivity index (χ2n) is 8.30. The van der Waals surface area contributed by atoms with E-state index in [4.69, 9.17) is 9.15 Å². The Kier molecular flexibility index (Phi) is 9.93. The van der Waals surface area contributed by atoms with Crippen LogP contribution in [0.25, 0.3) is 11.1 Å². The zero-order valence-corrected chi connectivity index (χ0v) is 21.2. The lowest BCUT2D eigenvalue weighted by Crippen LogP contribution is -2.41. The highest BCUT2D eigenvalue weighted by atomic mass is 32.2. The predicted octanol–water partition coefficient (Wildman–Crippen LogP) is 5.26. The van der Waals surface area contributed by atoms with Crippen LogP contribution in [0.2, 0.25) is 0 Å². The number of thioether (sulfide) groups is 1. The average molecular weight is 497 g/mol. The number of aromatic nitrogens is 1. The minimum absolute atomic E-state index is 0.300. The first-order valence-corrected chi connectivity index (χ1v) is 13.0. The van der Waals surface area contributed by atoms with Gasteiger partial charge in [0.2, 0.25) is 0 Å². The highest BCUT2D eigenvalue weighted by molar-refractivity contribution is 7.98. The van der Waals surface area contributed by atoms with Crippen LogP contribution in [0.3, 0.4) is 0 Å². The molecule has 0 spiro atoms. The fraction of sp³-hybridized carbons (Fsp3) is 0.370. The van der Waals surface area contributed by atoms with Crippen LogP contribution < -0.4 is 5.32 Å². The monoisotopic (exact) mass is 496 g/mol. The SMILES string of the molecule is CCCc1ncc(COCc2ccc(C(=O)NC(CCSC)C(=O)O)c(-c3ccccc3C)c2)o1. The molecule has 3 rings (SSSR count). The lowest BCUT2D eigenvalue weighted by Gasteiger charge is -2.17. The second kappa shape index (κ2) is 13.1. The third kappa shape index (κ3) is 7.44. The summed E-state index contributed by atoms with van der Waals surface area (Å²) in [4.78, 5) is 29.1. The minimum atomic E-state index is -1.04. The molecular weight excluding hydrogens is 464 g/mol. The number of benzene rings is 2. The maximum atomic E-state index is 13.2. The van der Waals surface area contributed by atoms with E-state index in [0.29, 0.717) is 42.6 Å². The molecule has 0 bridgehead atoms. The fourth-order valence-electron chi connectivity index (χ4n) is 3.72. The van der Waals surface area contributed by atoms with Gasteiger partial charge >= 0.3 is 5.97 Å². The van der Waals surface area contributed by atoms with Gasteiger partial charge in [-0.05, 0) is 66.2 Å². The second-order valence-corrected chi connectivity index (χ2v) is 9.29. The molecule has 1 amide bonds. The number of hydrogen-bond acceptors (Lipinski definition) is 6. The summed E-state index contributed by atoms with van der Waals surface area (Å²) < 4.78 is 11.5. The normalized spacial score (nSPS) is 11.9. The first kappa shape index (κ1) is 26.5. The Balaban J connectivity index is 1.81. The van der Waals surface area contributed by atoms with E-state index >= 15 is 0 Å². The summed E-state index contributed by atoms with van der Waals surface area (Å²) in [6.07, 6.45) is 5.71. The van der Waals surface area contributed by atoms with E-state index < -0.39 is 17.9 Å². The summed E-state index contributed by atoms with van der Waals surface area (Å²) in [5.74, 6) is 0.580. The molecule has 2 aromatic carbocycles. The average Bonchev–Trinajstić information content (AvgIpc) is 3.29. The van der Waals surface area contributed by atoms with Gasteiger partial charge in [-0.2, -0.15) is 11.8 Å². The molecule has 2 N–H and O–H groups in total. The van der Waals surface area contributed by atoms with Crippen molar-refractivity contribution in [1.29, 1.82) is 0 Å². The molecule has 7 nitrogen and oxygen atoms in total. The van der Waals surface area contributed by atoms with E-state index in [2.05, 4.69) is 17.2 Å². The number of rotatable bonds is 13. The number of ether oxygens (including phenoxy) is 1. The van der Waals surface area contributed by atoms with Crippen molar-refractivity contribution in [3.05, 3.63) is 77.0 Å². The molecule has 1 unspecified atom stereocenters. The van der Waals surface area contributed by atoms with Crippen LogP contribution in [0, 0.1) is 6.92 Å². The topological polar surface area (TPSA) is 102 Å². The lowest BCUT2D eigenvalue weighted by molar-refractivity contribution is -0.139. The Morgan fingerprint density at radius 1 is 1.17 bits per heavy atom. The van der Waals surface area contributed by atoms with Gasteiger partial charge in [0.25, 0.3) is 5.91 Å². The van der Waals surface area contributed by atoms with Crippen molar-refractivity contribution < 1.29 is 23.8 Å². The summed E-state index contributed by atoms with van der Waals surface area (Å²) in [5, 5.41) is 12.2. The summed E-state index contributed by atoms with van der Waals surface area (Å²) >= 11 is 1.54. The molecule has 3 aromatic rings. The number of nitrogens with one attached hydrogen (secondary N) is 1. The van der Waals surface area contributed by atoms with Crippen LogP contribution in [-0.2, 0) is 29.2 Å². The number of amides is 1. The van der Waals surface area contributed by atoms with Gasteiger partial charge < -0.3 is 19.6 Å². The van der Waals surface area contributed by atoms with E-state index in [-0.39, 0.29) is 0 Å². The third-order valence-corrected chi connectivity index (χ3v) is 6.20. The number of carboxylic acids is 1. The van der Waals surface area contributed by atoms with Crippen molar-refractivity contribution in [2.75, 3.05) is 12.0 Å². The largest absolute Gasteiger partial charge is 0.480 e. The van der Waals surface area contributed by atoms with Gasteiger partial charge in [0.1, 0.15) is 18.4 Å². The fourth-order valence-corrected chi connectivity index (χ4v) is 4.19. The number of hydrogen-bond donors (Lipinski definition) is 2.